The van der Waals surface area contributed by atoms with Crippen LogP contribution in [-0.4, -0.2) is 44.7 Å². The number of halogens is 1. The Morgan fingerprint density at radius 2 is 1.90 bits per heavy atom. The van der Waals surface area contributed by atoms with Crippen LogP contribution in [0.5, 0.6) is 0 Å². The molecule has 0 radical (unpaired) electrons. The first-order valence-corrected chi connectivity index (χ1v) is 8.29. The van der Waals surface area contributed by atoms with Crippen LogP contribution in [0.15, 0.2) is 18.2 Å². The van der Waals surface area contributed by atoms with E-state index in [0.29, 0.717) is 0 Å². The summed E-state index contributed by atoms with van der Waals surface area (Å²) in [6, 6.07) is 6.58. The molecule has 2 N–H and O–H groups in total. The second kappa shape index (κ2) is 9.29. The van der Waals surface area contributed by atoms with E-state index in [1.807, 2.05) is 0 Å². The monoisotopic (exact) mass is 311 g/mol. The summed E-state index contributed by atoms with van der Waals surface area (Å²) in [6.07, 6.45) is 3.02. The molecule has 0 fully saturated rings. The lowest BCUT2D eigenvalue weighted by molar-refractivity contribution is 0.400. The molecule has 1 rings (SSSR count). The smallest absolute Gasteiger partial charge is 0.0642 e. The highest BCUT2D eigenvalue weighted by Crippen LogP contribution is 2.27. The molecule has 0 aliphatic carbocycles. The van der Waals surface area contributed by atoms with Crippen LogP contribution in [0.25, 0.3) is 0 Å². The second-order valence-electron chi connectivity index (χ2n) is 5.89. The van der Waals surface area contributed by atoms with E-state index in [1.165, 1.54) is 5.56 Å². The lowest BCUT2D eigenvalue weighted by atomic mass is 10.0. The van der Waals surface area contributed by atoms with E-state index in [2.05, 4.69) is 55.9 Å². The van der Waals surface area contributed by atoms with E-state index >= 15 is 0 Å². The number of rotatable bonds is 9. The van der Waals surface area contributed by atoms with E-state index in [4.69, 9.17) is 17.3 Å². The molecule has 0 saturated carbocycles. The van der Waals surface area contributed by atoms with Crippen molar-refractivity contribution in [2.75, 3.05) is 38.6 Å². The number of hydrogen-bond donors (Lipinski definition) is 1. The number of nitrogens with zero attached hydrogens (tertiary/aromatic N) is 2. The minimum absolute atomic E-state index is 0.217. The average molecular weight is 312 g/mol. The molecule has 1 aromatic carbocycles. The van der Waals surface area contributed by atoms with Crippen molar-refractivity contribution in [1.82, 2.24) is 4.90 Å². The molecule has 4 heteroatoms. The van der Waals surface area contributed by atoms with Gasteiger partial charge in [-0.05, 0) is 64.5 Å². The topological polar surface area (TPSA) is 32.5 Å². The molecule has 0 bridgehead atoms. The summed E-state index contributed by atoms with van der Waals surface area (Å²) >= 11 is 6.48. The first-order valence-electron chi connectivity index (χ1n) is 7.91. The predicted molar refractivity (Wildman–Crippen MR) is 94.5 cm³/mol. The number of anilines is 1. The molecule has 0 spiro atoms. The van der Waals surface area contributed by atoms with Crippen molar-refractivity contribution in [2.24, 2.45) is 5.73 Å². The minimum Gasteiger partial charge on any atom is -0.371 e. The van der Waals surface area contributed by atoms with Crippen molar-refractivity contribution in [2.45, 2.75) is 39.2 Å². The predicted octanol–water partition coefficient (Wildman–Crippen LogP) is 3.40. The fraction of sp³-hybridized carbons (Fsp3) is 0.647. The Balaban J connectivity index is 2.71. The summed E-state index contributed by atoms with van der Waals surface area (Å²) in [4.78, 5) is 4.56. The Morgan fingerprint density at radius 3 is 2.43 bits per heavy atom. The third kappa shape index (κ3) is 6.25. The highest BCUT2D eigenvalue weighted by atomic mass is 35.5. The zero-order valence-corrected chi connectivity index (χ0v) is 14.7. The van der Waals surface area contributed by atoms with Gasteiger partial charge in [-0.25, -0.2) is 0 Å². The quantitative estimate of drug-likeness (QED) is 0.758. The van der Waals surface area contributed by atoms with Gasteiger partial charge in [0, 0.05) is 19.1 Å². The van der Waals surface area contributed by atoms with Crippen LogP contribution < -0.4 is 10.6 Å². The summed E-state index contributed by atoms with van der Waals surface area (Å²) in [6.45, 7) is 7.39. The Hall–Kier alpha value is -0.770. The third-order valence-corrected chi connectivity index (χ3v) is 4.09. The van der Waals surface area contributed by atoms with Gasteiger partial charge in [0.15, 0.2) is 0 Å². The largest absolute Gasteiger partial charge is 0.371 e. The minimum atomic E-state index is 0.217. The lowest BCUT2D eigenvalue weighted by Gasteiger charge is -2.25. The van der Waals surface area contributed by atoms with Gasteiger partial charge in [0.05, 0.1) is 10.7 Å². The van der Waals surface area contributed by atoms with E-state index in [-0.39, 0.29) is 6.04 Å². The first kappa shape index (κ1) is 18.3. The molecule has 0 heterocycles. The summed E-state index contributed by atoms with van der Waals surface area (Å²) in [7, 11) is 4.21. The SMILES string of the molecule is CCC(N)Cc1ccc(N(CC)CCCN(C)C)c(Cl)c1. The average Bonchev–Trinajstić information content (AvgIpc) is 2.44. The van der Waals surface area contributed by atoms with Crippen molar-refractivity contribution in [3.05, 3.63) is 28.8 Å². The van der Waals surface area contributed by atoms with Gasteiger partial charge in [-0.2, -0.15) is 0 Å². The van der Waals surface area contributed by atoms with Crippen LogP contribution in [0.4, 0.5) is 5.69 Å². The standard InChI is InChI=1S/C17H30ClN3/c1-5-15(19)12-14-8-9-17(16(18)13-14)21(6-2)11-7-10-20(3)4/h8-9,13,15H,5-7,10-12,19H2,1-4H3. The normalized spacial score (nSPS) is 12.7. The molecule has 0 aliphatic rings. The molecule has 0 aromatic heterocycles. The maximum atomic E-state index is 6.48. The summed E-state index contributed by atoms with van der Waals surface area (Å²) in [5, 5.41) is 0.836. The van der Waals surface area contributed by atoms with Crippen molar-refractivity contribution in [1.29, 1.82) is 0 Å². The van der Waals surface area contributed by atoms with Crippen molar-refractivity contribution in [3.8, 4) is 0 Å². The first-order chi connectivity index (χ1) is 9.97. The zero-order valence-electron chi connectivity index (χ0n) is 13.9. The second-order valence-corrected chi connectivity index (χ2v) is 6.30. The number of hydrogen-bond acceptors (Lipinski definition) is 3. The molecule has 1 unspecified atom stereocenters. The molecule has 0 amide bonds. The van der Waals surface area contributed by atoms with Gasteiger partial charge in [0.2, 0.25) is 0 Å². The van der Waals surface area contributed by atoms with Gasteiger partial charge in [-0.3, -0.25) is 0 Å². The van der Waals surface area contributed by atoms with E-state index in [0.717, 1.165) is 49.6 Å². The van der Waals surface area contributed by atoms with Crippen LogP contribution in [0, 0.1) is 0 Å². The highest BCUT2D eigenvalue weighted by molar-refractivity contribution is 6.33. The Bertz CT molecular complexity index is 420. The van der Waals surface area contributed by atoms with Crippen molar-refractivity contribution < 1.29 is 0 Å². The van der Waals surface area contributed by atoms with Gasteiger partial charge in [-0.15, -0.1) is 0 Å². The fourth-order valence-corrected chi connectivity index (χ4v) is 2.73. The van der Waals surface area contributed by atoms with E-state index < -0.39 is 0 Å². The van der Waals surface area contributed by atoms with E-state index in [1.54, 1.807) is 0 Å². The lowest BCUT2D eigenvalue weighted by Crippen LogP contribution is -2.27. The zero-order chi connectivity index (χ0) is 15.8. The van der Waals surface area contributed by atoms with Gasteiger partial charge >= 0.3 is 0 Å². The fourth-order valence-electron chi connectivity index (χ4n) is 2.41. The molecule has 0 saturated heterocycles. The number of benzene rings is 1. The van der Waals surface area contributed by atoms with Crippen LogP contribution >= 0.6 is 11.6 Å². The van der Waals surface area contributed by atoms with Crippen LogP contribution in [0.2, 0.25) is 5.02 Å². The molecule has 1 atom stereocenters. The van der Waals surface area contributed by atoms with Crippen molar-refractivity contribution in [3.63, 3.8) is 0 Å². The molecule has 0 aliphatic heterocycles. The third-order valence-electron chi connectivity index (χ3n) is 3.79. The summed E-state index contributed by atoms with van der Waals surface area (Å²) in [5.41, 5.74) is 8.37. The molecule has 3 nitrogen and oxygen atoms in total. The summed E-state index contributed by atoms with van der Waals surface area (Å²) in [5.74, 6) is 0. The molecule has 120 valence electrons. The Morgan fingerprint density at radius 1 is 1.19 bits per heavy atom. The van der Waals surface area contributed by atoms with Crippen LogP contribution in [-0.2, 0) is 6.42 Å². The van der Waals surface area contributed by atoms with Gasteiger partial charge in [0.1, 0.15) is 0 Å². The van der Waals surface area contributed by atoms with Gasteiger partial charge in [0.25, 0.3) is 0 Å². The number of nitrogens with two attached hydrogens (primary N) is 1. The highest BCUT2D eigenvalue weighted by Gasteiger charge is 2.10. The van der Waals surface area contributed by atoms with Gasteiger partial charge in [-0.1, -0.05) is 24.6 Å². The maximum absolute atomic E-state index is 6.48. The van der Waals surface area contributed by atoms with Crippen LogP contribution in [0.3, 0.4) is 0 Å². The molecule has 21 heavy (non-hydrogen) atoms. The van der Waals surface area contributed by atoms with Crippen LogP contribution in [0.1, 0.15) is 32.3 Å². The summed E-state index contributed by atoms with van der Waals surface area (Å²) < 4.78 is 0. The van der Waals surface area contributed by atoms with E-state index in [9.17, 15) is 0 Å². The Labute approximate surface area is 135 Å². The molecular formula is C17H30ClN3. The molecule has 1 aromatic rings. The van der Waals surface area contributed by atoms with Gasteiger partial charge < -0.3 is 15.5 Å². The maximum Gasteiger partial charge on any atom is 0.0642 e. The Kier molecular flexibility index (Phi) is 8.09. The van der Waals surface area contributed by atoms with Crippen molar-refractivity contribution >= 4 is 17.3 Å². The molecular weight excluding hydrogens is 282 g/mol.